The third-order valence-corrected chi connectivity index (χ3v) is 3.71. The van der Waals surface area contributed by atoms with Gasteiger partial charge in [-0.1, -0.05) is 0 Å². The number of methoxy groups -OCH3 is 1. The molecule has 0 aliphatic carbocycles. The molecule has 0 bridgehead atoms. The Bertz CT molecular complexity index is 542. The van der Waals surface area contributed by atoms with E-state index in [1.165, 1.54) is 12.8 Å². The van der Waals surface area contributed by atoms with Crippen molar-refractivity contribution in [3.63, 3.8) is 0 Å². The Balaban J connectivity index is 1.68. The zero-order chi connectivity index (χ0) is 13.8. The van der Waals surface area contributed by atoms with Gasteiger partial charge in [0, 0.05) is 38.1 Å². The van der Waals surface area contributed by atoms with Crippen molar-refractivity contribution in [1.82, 2.24) is 19.5 Å². The standard InChI is InChI=1S/C14H19N5O/c1-20-14-7-13(16-10-17-14)19-5-2-3-12(9-19)8-18-6-4-15-11-18/h4,6-7,10-12H,2-3,5,8-9H2,1H3/t12-/m0/s1. The van der Waals surface area contributed by atoms with Crippen LogP contribution in [0.3, 0.4) is 0 Å². The van der Waals surface area contributed by atoms with E-state index in [4.69, 9.17) is 4.74 Å². The molecule has 2 aromatic rings. The van der Waals surface area contributed by atoms with Crippen LogP contribution in [0.2, 0.25) is 0 Å². The Kier molecular flexibility index (Phi) is 3.80. The van der Waals surface area contributed by atoms with Crippen molar-refractivity contribution >= 4 is 5.82 Å². The number of nitrogens with zero attached hydrogens (tertiary/aromatic N) is 5. The van der Waals surface area contributed by atoms with Crippen LogP contribution in [0.25, 0.3) is 0 Å². The molecular formula is C14H19N5O. The summed E-state index contributed by atoms with van der Waals surface area (Å²) in [7, 11) is 1.63. The number of anilines is 1. The summed E-state index contributed by atoms with van der Waals surface area (Å²) in [6.07, 6.45) is 9.73. The molecular weight excluding hydrogens is 254 g/mol. The summed E-state index contributed by atoms with van der Waals surface area (Å²) < 4.78 is 7.32. The van der Waals surface area contributed by atoms with Gasteiger partial charge in [-0.15, -0.1) is 0 Å². The molecule has 0 unspecified atom stereocenters. The van der Waals surface area contributed by atoms with Crippen molar-refractivity contribution in [3.8, 4) is 5.88 Å². The summed E-state index contributed by atoms with van der Waals surface area (Å²) in [5.74, 6) is 2.19. The molecule has 0 N–H and O–H groups in total. The minimum Gasteiger partial charge on any atom is -0.481 e. The number of piperidine rings is 1. The van der Waals surface area contributed by atoms with Crippen molar-refractivity contribution in [2.24, 2.45) is 5.92 Å². The normalized spacial score (nSPS) is 19.1. The van der Waals surface area contributed by atoms with E-state index < -0.39 is 0 Å². The summed E-state index contributed by atoms with van der Waals surface area (Å²) in [4.78, 5) is 14.8. The number of imidazole rings is 1. The highest BCUT2D eigenvalue weighted by Gasteiger charge is 2.21. The summed E-state index contributed by atoms with van der Waals surface area (Å²) in [5.41, 5.74) is 0. The van der Waals surface area contributed by atoms with Crippen LogP contribution >= 0.6 is 0 Å². The zero-order valence-electron chi connectivity index (χ0n) is 11.6. The van der Waals surface area contributed by atoms with Crippen LogP contribution in [0.5, 0.6) is 5.88 Å². The van der Waals surface area contributed by atoms with E-state index >= 15 is 0 Å². The highest BCUT2D eigenvalue weighted by molar-refractivity contribution is 5.41. The van der Waals surface area contributed by atoms with Crippen molar-refractivity contribution in [2.45, 2.75) is 19.4 Å². The molecule has 0 saturated carbocycles. The predicted octanol–water partition coefficient (Wildman–Crippen LogP) is 1.60. The monoisotopic (exact) mass is 273 g/mol. The van der Waals surface area contributed by atoms with Gasteiger partial charge in [0.15, 0.2) is 0 Å². The number of aromatic nitrogens is 4. The first-order valence-corrected chi connectivity index (χ1v) is 6.92. The van der Waals surface area contributed by atoms with Crippen molar-refractivity contribution in [2.75, 3.05) is 25.1 Å². The Labute approximate surface area is 118 Å². The molecule has 1 aliphatic heterocycles. The summed E-state index contributed by atoms with van der Waals surface area (Å²) >= 11 is 0. The van der Waals surface area contributed by atoms with Crippen molar-refractivity contribution in [1.29, 1.82) is 0 Å². The second-order valence-corrected chi connectivity index (χ2v) is 5.13. The fraction of sp³-hybridized carbons (Fsp3) is 0.500. The average molecular weight is 273 g/mol. The molecule has 3 heterocycles. The number of rotatable bonds is 4. The van der Waals surface area contributed by atoms with Crippen LogP contribution in [-0.4, -0.2) is 39.7 Å². The van der Waals surface area contributed by atoms with Crippen LogP contribution in [0, 0.1) is 5.92 Å². The largest absolute Gasteiger partial charge is 0.481 e. The number of ether oxygens (including phenoxy) is 1. The smallest absolute Gasteiger partial charge is 0.218 e. The molecule has 0 spiro atoms. The lowest BCUT2D eigenvalue weighted by Crippen LogP contribution is -2.37. The summed E-state index contributed by atoms with van der Waals surface area (Å²) in [6, 6.07) is 1.90. The molecule has 1 aliphatic rings. The van der Waals surface area contributed by atoms with Crippen LogP contribution in [0.15, 0.2) is 31.1 Å². The van der Waals surface area contributed by atoms with E-state index in [2.05, 4.69) is 24.4 Å². The van der Waals surface area contributed by atoms with Gasteiger partial charge in [0.1, 0.15) is 12.1 Å². The zero-order valence-corrected chi connectivity index (χ0v) is 11.6. The Morgan fingerprint density at radius 1 is 1.40 bits per heavy atom. The van der Waals surface area contributed by atoms with Crippen LogP contribution in [0.1, 0.15) is 12.8 Å². The van der Waals surface area contributed by atoms with Gasteiger partial charge in [-0.3, -0.25) is 0 Å². The lowest BCUT2D eigenvalue weighted by Gasteiger charge is -2.33. The second kappa shape index (κ2) is 5.90. The molecule has 0 radical (unpaired) electrons. The first kappa shape index (κ1) is 12.9. The molecule has 1 fully saturated rings. The summed E-state index contributed by atoms with van der Waals surface area (Å²) in [6.45, 7) is 3.07. The fourth-order valence-corrected chi connectivity index (χ4v) is 2.73. The molecule has 2 aromatic heterocycles. The minimum absolute atomic E-state index is 0.617. The topological polar surface area (TPSA) is 56.1 Å². The highest BCUT2D eigenvalue weighted by Crippen LogP contribution is 2.24. The van der Waals surface area contributed by atoms with Gasteiger partial charge in [-0.2, -0.15) is 0 Å². The maximum atomic E-state index is 5.17. The van der Waals surface area contributed by atoms with E-state index in [1.807, 2.05) is 24.8 Å². The van der Waals surface area contributed by atoms with E-state index in [9.17, 15) is 0 Å². The van der Waals surface area contributed by atoms with Crippen LogP contribution in [-0.2, 0) is 6.54 Å². The third-order valence-electron chi connectivity index (χ3n) is 3.71. The van der Waals surface area contributed by atoms with E-state index in [1.54, 1.807) is 13.4 Å². The predicted molar refractivity (Wildman–Crippen MR) is 75.7 cm³/mol. The lowest BCUT2D eigenvalue weighted by molar-refractivity contribution is 0.363. The molecule has 0 aromatic carbocycles. The Morgan fingerprint density at radius 3 is 3.15 bits per heavy atom. The second-order valence-electron chi connectivity index (χ2n) is 5.13. The Morgan fingerprint density at radius 2 is 2.35 bits per heavy atom. The third kappa shape index (κ3) is 2.89. The minimum atomic E-state index is 0.617. The van der Waals surface area contributed by atoms with Gasteiger partial charge in [-0.05, 0) is 18.8 Å². The maximum absolute atomic E-state index is 5.17. The molecule has 20 heavy (non-hydrogen) atoms. The fourth-order valence-electron chi connectivity index (χ4n) is 2.73. The molecule has 1 saturated heterocycles. The number of hydrogen-bond donors (Lipinski definition) is 0. The number of hydrogen-bond acceptors (Lipinski definition) is 5. The van der Waals surface area contributed by atoms with E-state index in [0.29, 0.717) is 11.8 Å². The maximum Gasteiger partial charge on any atom is 0.218 e. The SMILES string of the molecule is COc1cc(N2CCC[C@@H](Cn3ccnc3)C2)ncn1. The molecule has 3 rings (SSSR count). The van der Waals surface area contributed by atoms with Crippen LogP contribution < -0.4 is 9.64 Å². The highest BCUT2D eigenvalue weighted by atomic mass is 16.5. The van der Waals surface area contributed by atoms with E-state index in [-0.39, 0.29) is 0 Å². The van der Waals surface area contributed by atoms with Gasteiger partial charge in [-0.25, -0.2) is 15.0 Å². The summed E-state index contributed by atoms with van der Waals surface area (Å²) in [5, 5.41) is 0. The quantitative estimate of drug-likeness (QED) is 0.847. The first-order chi connectivity index (χ1) is 9.85. The van der Waals surface area contributed by atoms with Crippen LogP contribution in [0.4, 0.5) is 5.82 Å². The van der Waals surface area contributed by atoms with Gasteiger partial charge >= 0.3 is 0 Å². The van der Waals surface area contributed by atoms with Gasteiger partial charge in [0.05, 0.1) is 13.4 Å². The lowest BCUT2D eigenvalue weighted by atomic mass is 9.98. The van der Waals surface area contributed by atoms with Gasteiger partial charge in [0.2, 0.25) is 5.88 Å². The van der Waals surface area contributed by atoms with Gasteiger partial charge in [0.25, 0.3) is 0 Å². The average Bonchev–Trinajstić information content (AvgIpc) is 3.00. The molecule has 6 heteroatoms. The van der Waals surface area contributed by atoms with Crippen molar-refractivity contribution in [3.05, 3.63) is 31.1 Å². The van der Waals surface area contributed by atoms with E-state index in [0.717, 1.165) is 25.5 Å². The molecule has 106 valence electrons. The van der Waals surface area contributed by atoms with Gasteiger partial charge < -0.3 is 14.2 Å². The molecule has 1 atom stereocenters. The Hall–Kier alpha value is -2.11. The van der Waals surface area contributed by atoms with Crippen molar-refractivity contribution < 1.29 is 4.74 Å². The molecule has 6 nitrogen and oxygen atoms in total. The molecule has 0 amide bonds. The first-order valence-electron chi connectivity index (χ1n) is 6.92.